The van der Waals surface area contributed by atoms with E-state index in [1.807, 2.05) is 36.4 Å². The molecule has 0 aliphatic rings. The second kappa shape index (κ2) is 14.3. The summed E-state index contributed by atoms with van der Waals surface area (Å²) in [7, 11) is 0. The Bertz CT molecular complexity index is 4620. The molecule has 0 radical (unpaired) electrons. The molecule has 15 aromatic rings. The van der Waals surface area contributed by atoms with Gasteiger partial charge in [-0.25, -0.2) is 0 Å². The van der Waals surface area contributed by atoms with Crippen LogP contribution in [0.25, 0.3) is 137 Å². The molecular weight excluding hydrogens is 855 g/mol. The number of aromatic nitrogens is 3. The maximum absolute atomic E-state index is 12.3. The SMILES string of the molecule is N#Cc1c(-n2c3ccccc3c3ccccc32)c(C#N)c(-n2c3ccccc3c3c4ccccc4ccc32)c(-c2ccc3oc4ccccc4c3c2)c1-n1c2ccccc2c2c3ccccc3ccc21. The molecule has 0 saturated heterocycles. The molecule has 70 heavy (non-hydrogen) atoms. The fraction of sp³-hybridized carbons (Fsp3) is 0. The number of hydrogen-bond acceptors (Lipinski definition) is 3. The predicted octanol–water partition coefficient (Wildman–Crippen LogP) is 16.6. The molecule has 0 fully saturated rings. The van der Waals surface area contributed by atoms with Gasteiger partial charge < -0.3 is 18.1 Å². The van der Waals surface area contributed by atoms with Gasteiger partial charge in [-0.1, -0.05) is 158 Å². The van der Waals surface area contributed by atoms with Gasteiger partial charge in [0.15, 0.2) is 0 Å². The summed E-state index contributed by atoms with van der Waals surface area (Å²) in [5.41, 5.74) is 11.3. The van der Waals surface area contributed by atoms with E-state index < -0.39 is 0 Å². The molecule has 322 valence electrons. The maximum Gasteiger partial charge on any atom is 0.135 e. The Kier molecular flexibility index (Phi) is 7.82. The lowest BCUT2D eigenvalue weighted by Gasteiger charge is -2.26. The highest BCUT2D eigenvalue weighted by Gasteiger charge is 2.33. The lowest BCUT2D eigenvalue weighted by molar-refractivity contribution is 0.669. The van der Waals surface area contributed by atoms with Crippen LogP contribution in [0.2, 0.25) is 0 Å². The summed E-state index contributed by atoms with van der Waals surface area (Å²) in [5.74, 6) is 0. The second-order valence-electron chi connectivity index (χ2n) is 18.1. The zero-order chi connectivity index (χ0) is 46.2. The Balaban J connectivity index is 1.26. The zero-order valence-electron chi connectivity index (χ0n) is 37.4. The quantitative estimate of drug-likeness (QED) is 0.177. The highest BCUT2D eigenvalue weighted by Crippen LogP contribution is 2.50. The van der Waals surface area contributed by atoms with Crippen molar-refractivity contribution in [2.75, 3.05) is 0 Å². The molecule has 0 saturated carbocycles. The van der Waals surface area contributed by atoms with Gasteiger partial charge in [0, 0.05) is 48.7 Å². The molecule has 0 atom stereocenters. The largest absolute Gasteiger partial charge is 0.456 e. The minimum absolute atomic E-state index is 0.376. The molecule has 0 aliphatic heterocycles. The van der Waals surface area contributed by atoms with Crippen molar-refractivity contribution in [3.8, 4) is 40.3 Å². The Labute approximate surface area is 399 Å². The predicted molar refractivity (Wildman–Crippen MR) is 287 cm³/mol. The minimum atomic E-state index is 0.376. The Morgan fingerprint density at radius 1 is 0.314 bits per heavy atom. The van der Waals surface area contributed by atoms with Crippen LogP contribution in [0.5, 0.6) is 0 Å². The van der Waals surface area contributed by atoms with Crippen molar-refractivity contribution in [2.45, 2.75) is 0 Å². The molecule has 0 amide bonds. The molecule has 0 unspecified atom stereocenters. The summed E-state index contributed by atoms with van der Waals surface area (Å²) < 4.78 is 13.2. The van der Waals surface area contributed by atoms with Gasteiger partial charge in [-0.2, -0.15) is 10.5 Å². The van der Waals surface area contributed by atoms with Gasteiger partial charge in [-0.15, -0.1) is 0 Å². The van der Waals surface area contributed by atoms with E-state index in [1.165, 1.54) is 0 Å². The maximum atomic E-state index is 12.3. The van der Waals surface area contributed by atoms with E-state index >= 15 is 0 Å². The molecule has 0 N–H and O–H groups in total. The Hall–Kier alpha value is -9.88. The first-order valence-electron chi connectivity index (χ1n) is 23.5. The molecule has 0 spiro atoms. The van der Waals surface area contributed by atoms with Crippen LogP contribution in [0.1, 0.15) is 11.1 Å². The first kappa shape index (κ1) is 38.2. The number of nitrogens with zero attached hydrogens (tertiary/aromatic N) is 5. The molecule has 6 nitrogen and oxygen atoms in total. The van der Waals surface area contributed by atoms with E-state index in [4.69, 9.17) is 4.42 Å². The molecule has 15 rings (SSSR count). The molecule has 4 heterocycles. The lowest BCUT2D eigenvalue weighted by Crippen LogP contribution is -2.14. The van der Waals surface area contributed by atoms with E-state index in [2.05, 4.69) is 202 Å². The number of rotatable bonds is 4. The molecule has 4 aromatic heterocycles. The van der Waals surface area contributed by atoms with Gasteiger partial charge in [0.1, 0.15) is 34.4 Å². The van der Waals surface area contributed by atoms with Crippen molar-refractivity contribution in [3.05, 3.63) is 223 Å². The van der Waals surface area contributed by atoms with Crippen LogP contribution in [-0.2, 0) is 0 Å². The molecule has 6 heteroatoms. The number of nitriles is 2. The van der Waals surface area contributed by atoms with E-state index in [0.717, 1.165) is 120 Å². The highest BCUT2D eigenvalue weighted by atomic mass is 16.3. The standard InChI is InChI=1S/C64H35N5O/c65-36-49-62(67-51-24-10-5-19-43(51)44-20-6-11-25-52(44)67)50(37-66)64(69-54-27-13-8-23-47(54)61-42-18-4-2-16-39(42)30-33-56(61)69)59(40-31-34-58-48(35-40)45-21-9-14-28-57(45)70-58)63(49)68-53-26-12-7-22-46(53)60-41-17-3-1-15-38(41)29-32-55(60)68/h1-35H. The second-order valence-corrected chi connectivity index (χ2v) is 18.1. The first-order valence-corrected chi connectivity index (χ1v) is 23.5. The first-order chi connectivity index (χ1) is 34.7. The molecule has 0 aliphatic carbocycles. The van der Waals surface area contributed by atoms with Gasteiger partial charge in [-0.05, 0) is 81.7 Å². The highest BCUT2D eigenvalue weighted by molar-refractivity contribution is 6.24. The monoisotopic (exact) mass is 889 g/mol. The third kappa shape index (κ3) is 5.03. The van der Waals surface area contributed by atoms with Crippen LogP contribution in [0, 0.1) is 22.7 Å². The van der Waals surface area contributed by atoms with Crippen LogP contribution in [0.15, 0.2) is 217 Å². The molecule has 0 bridgehead atoms. The molecular formula is C64H35N5O. The van der Waals surface area contributed by atoms with Crippen molar-refractivity contribution < 1.29 is 4.42 Å². The van der Waals surface area contributed by atoms with Crippen LogP contribution in [0.4, 0.5) is 0 Å². The summed E-state index contributed by atoms with van der Waals surface area (Å²) in [6, 6.07) is 79.6. The van der Waals surface area contributed by atoms with Gasteiger partial charge in [0.25, 0.3) is 0 Å². The minimum Gasteiger partial charge on any atom is -0.456 e. The summed E-state index contributed by atoms with van der Waals surface area (Å²) >= 11 is 0. The topological polar surface area (TPSA) is 75.5 Å². The van der Waals surface area contributed by atoms with Crippen LogP contribution < -0.4 is 0 Å². The van der Waals surface area contributed by atoms with Gasteiger partial charge in [-0.3, -0.25) is 0 Å². The third-order valence-corrected chi connectivity index (χ3v) is 14.7. The lowest BCUT2D eigenvalue weighted by atomic mass is 9.90. The fourth-order valence-electron chi connectivity index (χ4n) is 11.9. The summed E-state index contributed by atoms with van der Waals surface area (Å²) in [5, 5.41) is 37.4. The van der Waals surface area contributed by atoms with Gasteiger partial charge in [0.2, 0.25) is 0 Å². The van der Waals surface area contributed by atoms with Crippen molar-refractivity contribution in [3.63, 3.8) is 0 Å². The van der Waals surface area contributed by atoms with Crippen molar-refractivity contribution in [1.29, 1.82) is 10.5 Å². The Morgan fingerprint density at radius 3 is 1.23 bits per heavy atom. The van der Waals surface area contributed by atoms with Crippen molar-refractivity contribution >= 4 is 109 Å². The Morgan fingerprint density at radius 2 is 0.714 bits per heavy atom. The zero-order valence-corrected chi connectivity index (χ0v) is 37.4. The number of hydrogen-bond donors (Lipinski definition) is 0. The average molecular weight is 890 g/mol. The number of furan rings is 1. The van der Waals surface area contributed by atoms with Crippen LogP contribution in [-0.4, -0.2) is 13.7 Å². The van der Waals surface area contributed by atoms with Gasteiger partial charge in [0.05, 0.1) is 50.2 Å². The number of fused-ring (bicyclic) bond motifs is 16. The number of benzene rings is 11. The van der Waals surface area contributed by atoms with E-state index in [-0.39, 0.29) is 0 Å². The van der Waals surface area contributed by atoms with Gasteiger partial charge >= 0.3 is 0 Å². The van der Waals surface area contributed by atoms with E-state index in [1.54, 1.807) is 0 Å². The third-order valence-electron chi connectivity index (χ3n) is 14.7. The van der Waals surface area contributed by atoms with Crippen LogP contribution in [0.3, 0.4) is 0 Å². The van der Waals surface area contributed by atoms with E-state index in [0.29, 0.717) is 28.2 Å². The van der Waals surface area contributed by atoms with Crippen molar-refractivity contribution in [1.82, 2.24) is 13.7 Å². The smallest absolute Gasteiger partial charge is 0.135 e. The van der Waals surface area contributed by atoms with Crippen molar-refractivity contribution in [2.24, 2.45) is 0 Å². The summed E-state index contributed by atoms with van der Waals surface area (Å²) in [4.78, 5) is 0. The number of para-hydroxylation sites is 5. The summed E-state index contributed by atoms with van der Waals surface area (Å²) in [6.45, 7) is 0. The van der Waals surface area contributed by atoms with E-state index in [9.17, 15) is 10.5 Å². The molecule has 11 aromatic carbocycles. The fourth-order valence-corrected chi connectivity index (χ4v) is 11.9. The normalized spacial score (nSPS) is 12.0. The average Bonchev–Trinajstić information content (AvgIpc) is 4.16. The summed E-state index contributed by atoms with van der Waals surface area (Å²) in [6.07, 6.45) is 0. The van der Waals surface area contributed by atoms with Crippen LogP contribution >= 0.6 is 0 Å².